The maximum atomic E-state index is 4.57. The zero-order valence-corrected chi connectivity index (χ0v) is 79.3. The smallest absolute Gasteiger partial charge is 0.0195 e. The van der Waals surface area contributed by atoms with E-state index < -0.39 is 0 Å². The number of aromatic nitrogens is 5. The van der Waals surface area contributed by atoms with Crippen molar-refractivity contribution < 1.29 is 101 Å². The van der Waals surface area contributed by atoms with Gasteiger partial charge in [-0.25, -0.2) is 0 Å². The quantitative estimate of drug-likeness (QED) is 0.0957. The molecule has 0 saturated carbocycles. The van der Waals surface area contributed by atoms with Gasteiger partial charge in [0.25, 0.3) is 0 Å². The van der Waals surface area contributed by atoms with Gasteiger partial charge in [-0.3, -0.25) is 0 Å². The van der Waals surface area contributed by atoms with E-state index in [0.717, 1.165) is 62.7 Å². The van der Waals surface area contributed by atoms with Crippen LogP contribution in [0.5, 0.6) is 0 Å². The molecule has 5 heterocycles. The molecule has 0 spiro atoms. The van der Waals surface area contributed by atoms with Gasteiger partial charge in [-0.2, -0.15) is 0 Å². The Morgan fingerprint density at radius 1 is 0.263 bits per heavy atom. The van der Waals surface area contributed by atoms with Crippen LogP contribution in [0.15, 0.2) is 304 Å². The fourth-order valence-corrected chi connectivity index (χ4v) is 13.1. The standard InChI is InChI=1S/C23H24N.2C21H20N.C20H18N.C19H16N.5Ir/c1-16(2)20-13-21(17(3)4)15-22(14-20)18-8-7-9-19(12-18)23-10-5-6-11-24-23;1-14-10-15(2)12-20(11-14)18-6-5-7-19(13-18)21-17(4)16(3)8-9-22-21;1-16(2)13-17-7-5-8-18(14-17)19-9-6-10-20(15-19)21-11-3-4-12-22-21;1-15(2)19-11-12-20(21-14-19)18-10-6-9-17(13-18)16-7-4-3-5-8-16;1-14-10-15(2)12-18(11-14)16-6-5-7-17(13-16)19-8-3-4-9-20-19;;;;;/h5-8,10-17H,1-4H3;5-6,8-13H,1-4H3;3-9,11-12,14-16H,13H2,1-2H3;3-9,11-15H,1-2H3;3-6,8-13H,1-2H3;;;;;/q5*-1;;;;;. The molecule has 0 atom stereocenters. The Labute approximate surface area is 747 Å². The van der Waals surface area contributed by atoms with Crippen molar-refractivity contribution in [3.05, 3.63) is 390 Å². The van der Waals surface area contributed by atoms with Gasteiger partial charge in [-0.05, 0) is 174 Å². The van der Waals surface area contributed by atoms with E-state index in [4.69, 9.17) is 0 Å². The van der Waals surface area contributed by atoms with Crippen LogP contribution in [-0.4, -0.2) is 24.9 Å². The molecule has 0 aliphatic heterocycles. The van der Waals surface area contributed by atoms with Gasteiger partial charge in [0.15, 0.2) is 0 Å². The van der Waals surface area contributed by atoms with E-state index in [1.165, 1.54) is 111 Å². The van der Waals surface area contributed by atoms with Crippen LogP contribution in [0.1, 0.15) is 129 Å². The molecule has 0 aliphatic rings. The first-order chi connectivity index (χ1) is 52.8. The minimum atomic E-state index is 0. The molecule has 0 N–H and O–H groups in total. The Bertz CT molecular complexity index is 5370. The molecule has 10 heteroatoms. The van der Waals surface area contributed by atoms with Crippen molar-refractivity contribution in [1.82, 2.24) is 24.9 Å². The first-order valence-corrected chi connectivity index (χ1v) is 38.0. The second-order valence-electron chi connectivity index (χ2n) is 29.4. The monoisotopic (exact) mass is 2380 g/mol. The van der Waals surface area contributed by atoms with Gasteiger partial charge in [-0.1, -0.05) is 246 Å². The van der Waals surface area contributed by atoms with E-state index in [1.54, 1.807) is 0 Å². The molecule has 0 unspecified atom stereocenters. The van der Waals surface area contributed by atoms with Gasteiger partial charge in [0.05, 0.1) is 0 Å². The molecule has 15 aromatic rings. The van der Waals surface area contributed by atoms with Crippen molar-refractivity contribution >= 4 is 0 Å². The number of benzene rings is 10. The third kappa shape index (κ3) is 27.2. The minimum absolute atomic E-state index is 0. The maximum absolute atomic E-state index is 4.57. The predicted molar refractivity (Wildman–Crippen MR) is 459 cm³/mol. The Hall–Kier alpha value is -8.80. The molecule has 5 radical (unpaired) electrons. The zero-order valence-electron chi connectivity index (χ0n) is 67.3. The number of pyridine rings is 5. The second kappa shape index (κ2) is 46.7. The molecule has 5 nitrogen and oxygen atoms in total. The van der Waals surface area contributed by atoms with Crippen LogP contribution < -0.4 is 0 Å². The number of aryl methyl sites for hydroxylation is 5. The summed E-state index contributed by atoms with van der Waals surface area (Å²) in [6.45, 7) is 30.6. The van der Waals surface area contributed by atoms with Gasteiger partial charge >= 0.3 is 0 Å². The van der Waals surface area contributed by atoms with Crippen molar-refractivity contribution in [2.24, 2.45) is 5.92 Å². The molecular formula is C104H98Ir5N5-5. The molecule has 0 aliphatic carbocycles. The molecule has 0 fully saturated rings. The number of rotatable bonds is 15. The second-order valence-corrected chi connectivity index (χ2v) is 29.4. The van der Waals surface area contributed by atoms with Crippen LogP contribution in [0.4, 0.5) is 0 Å². The van der Waals surface area contributed by atoms with E-state index in [2.05, 4.69) is 328 Å². The van der Waals surface area contributed by atoms with Gasteiger partial charge in [0.1, 0.15) is 0 Å². The fourth-order valence-electron chi connectivity index (χ4n) is 13.1. The van der Waals surface area contributed by atoms with E-state index in [9.17, 15) is 0 Å². The summed E-state index contributed by atoms with van der Waals surface area (Å²) < 4.78 is 0. The Kier molecular flexibility index (Phi) is 38.5. The van der Waals surface area contributed by atoms with Gasteiger partial charge < -0.3 is 24.9 Å². The van der Waals surface area contributed by atoms with Crippen molar-refractivity contribution in [3.8, 4) is 112 Å². The van der Waals surface area contributed by atoms with Gasteiger partial charge in [0, 0.05) is 132 Å². The van der Waals surface area contributed by atoms with Crippen LogP contribution >= 0.6 is 0 Å². The van der Waals surface area contributed by atoms with Crippen LogP contribution in [0, 0.1) is 77.8 Å². The van der Waals surface area contributed by atoms with Crippen LogP contribution in [-0.2, 0) is 107 Å². The SMILES string of the molecule is CC(C)Cc1cccc(-c2cc[c-]c(-c3ccccn3)c2)c1.CC(C)c1cc(-c2cc[c-]c(-c3ccccn3)c2)cc(C(C)C)c1.CC(C)c1ccc(-c2[c-]ccc(-c3ccccc3)c2)nc1.Cc1cc(C)cc(-c2cc[c-]c(-c3ccccn3)c2)c1.Cc1cc(C)cc(-c2cc[c-]c(-c3nccc(C)c3C)c2)c1.[Ir].[Ir].[Ir].[Ir].[Ir]. The number of hydrogen-bond donors (Lipinski definition) is 0. The molecule has 15 rings (SSSR count). The van der Waals surface area contributed by atoms with Gasteiger partial charge in [0.2, 0.25) is 0 Å². The summed E-state index contributed by atoms with van der Waals surface area (Å²) in [6.07, 6.45) is 10.4. The first-order valence-electron chi connectivity index (χ1n) is 38.0. The number of nitrogens with zero attached hydrogens (tertiary/aromatic N) is 5. The molecule has 0 saturated heterocycles. The minimum Gasteiger partial charge on any atom is -0.305 e. The fraction of sp³-hybridized carbons (Fsp3) is 0.183. The molecule has 0 bridgehead atoms. The Morgan fingerprint density at radius 2 is 0.623 bits per heavy atom. The molecule has 589 valence electrons. The maximum Gasteiger partial charge on any atom is 0.0195 e. The van der Waals surface area contributed by atoms with Gasteiger partial charge in [-0.15, -0.1) is 177 Å². The van der Waals surface area contributed by atoms with Crippen molar-refractivity contribution in [2.75, 3.05) is 0 Å². The molecule has 0 amide bonds. The van der Waals surface area contributed by atoms with Crippen LogP contribution in [0.2, 0.25) is 0 Å². The molecule has 5 aromatic heterocycles. The predicted octanol–water partition coefficient (Wildman–Crippen LogP) is 27.5. The average molecular weight is 2380 g/mol. The molecule has 114 heavy (non-hydrogen) atoms. The zero-order chi connectivity index (χ0) is 76.8. The van der Waals surface area contributed by atoms with Crippen molar-refractivity contribution in [1.29, 1.82) is 0 Å². The van der Waals surface area contributed by atoms with E-state index >= 15 is 0 Å². The Balaban J connectivity index is 0.000000220. The van der Waals surface area contributed by atoms with E-state index in [0.29, 0.717) is 23.7 Å². The summed E-state index contributed by atoms with van der Waals surface area (Å²) in [5.41, 5.74) is 35.4. The van der Waals surface area contributed by atoms with E-state index in [1.807, 2.05) is 128 Å². The third-order valence-electron chi connectivity index (χ3n) is 19.1. The average Bonchev–Trinajstić information content (AvgIpc) is 0.825. The topological polar surface area (TPSA) is 64.5 Å². The third-order valence-corrected chi connectivity index (χ3v) is 19.1. The summed E-state index contributed by atoms with van der Waals surface area (Å²) in [5.74, 6) is 2.22. The first kappa shape index (κ1) is 94.1. The van der Waals surface area contributed by atoms with Crippen LogP contribution in [0.25, 0.3) is 112 Å². The van der Waals surface area contributed by atoms with Crippen molar-refractivity contribution in [2.45, 2.75) is 121 Å². The molecular weight excluding hydrogens is 2280 g/mol. The summed E-state index contributed by atoms with van der Waals surface area (Å²) in [4.78, 5) is 22.4. The molecule has 10 aromatic carbocycles. The normalized spacial score (nSPS) is 10.4. The summed E-state index contributed by atoms with van der Waals surface area (Å²) in [5, 5.41) is 0. The Morgan fingerprint density at radius 3 is 1.01 bits per heavy atom. The summed E-state index contributed by atoms with van der Waals surface area (Å²) in [7, 11) is 0. The largest absolute Gasteiger partial charge is 0.305 e. The van der Waals surface area contributed by atoms with Crippen molar-refractivity contribution in [3.63, 3.8) is 0 Å². The van der Waals surface area contributed by atoms with E-state index in [-0.39, 0.29) is 101 Å². The summed E-state index contributed by atoms with van der Waals surface area (Å²) in [6, 6.07) is 111. The summed E-state index contributed by atoms with van der Waals surface area (Å²) >= 11 is 0. The number of hydrogen-bond acceptors (Lipinski definition) is 5. The van der Waals surface area contributed by atoms with Crippen LogP contribution in [0.3, 0.4) is 0 Å².